The molecule has 0 aliphatic carbocycles. The fraction of sp³-hybridized carbons (Fsp3) is 0.235. The Labute approximate surface area is 136 Å². The van der Waals surface area contributed by atoms with Crippen molar-refractivity contribution in [2.75, 3.05) is 11.4 Å². The largest absolute Gasteiger partial charge is 0.469 e. The summed E-state index contributed by atoms with van der Waals surface area (Å²) in [4.78, 5) is 11.9. The Morgan fingerprint density at radius 3 is 2.65 bits per heavy atom. The monoisotopic (exact) mass is 333 g/mol. The molecule has 2 aromatic carbocycles. The van der Waals surface area contributed by atoms with Crippen LogP contribution in [0.3, 0.4) is 0 Å². The van der Waals surface area contributed by atoms with Crippen LogP contribution in [-0.2, 0) is 20.5 Å². The van der Waals surface area contributed by atoms with Gasteiger partial charge < -0.3 is 4.74 Å². The molecule has 23 heavy (non-hydrogen) atoms. The van der Waals surface area contributed by atoms with Crippen molar-refractivity contribution in [1.29, 1.82) is 0 Å². The van der Waals surface area contributed by atoms with Gasteiger partial charge in [0.05, 0.1) is 25.3 Å². The van der Waals surface area contributed by atoms with E-state index in [9.17, 15) is 13.4 Å². The Hall–Kier alpha value is -2.21. The highest BCUT2D eigenvalue weighted by Gasteiger charge is 2.40. The predicted octanol–water partition coefficient (Wildman–Crippen LogP) is 3.28. The zero-order chi connectivity index (χ0) is 16.6. The van der Waals surface area contributed by atoms with Crippen LogP contribution in [0.2, 0.25) is 0 Å². The summed E-state index contributed by atoms with van der Waals surface area (Å²) < 4.78 is 33.5. The van der Waals surface area contributed by atoms with Gasteiger partial charge in [0.2, 0.25) is 0 Å². The van der Waals surface area contributed by atoms with Gasteiger partial charge in [0.1, 0.15) is 10.7 Å². The third-order valence-corrected chi connectivity index (χ3v) is 5.41. The number of methoxy groups -OCH3 is 1. The fourth-order valence-corrected chi connectivity index (χ4v) is 4.36. The Balaban J connectivity index is 2.14. The molecule has 0 radical (unpaired) electrons. The normalized spacial score (nSPS) is 19.5. The van der Waals surface area contributed by atoms with E-state index in [0.29, 0.717) is 11.3 Å². The number of halogens is 1. The maximum atomic E-state index is 14.3. The lowest BCUT2D eigenvalue weighted by molar-refractivity contribution is -0.141. The lowest BCUT2D eigenvalue weighted by Gasteiger charge is -2.24. The van der Waals surface area contributed by atoms with Crippen LogP contribution in [0.15, 0.2) is 47.4 Å². The summed E-state index contributed by atoms with van der Waals surface area (Å²) in [6.45, 7) is 1.77. The van der Waals surface area contributed by atoms with Crippen LogP contribution in [-0.4, -0.2) is 17.3 Å². The number of nitrogens with zero attached hydrogens (tertiary/aromatic N) is 1. The van der Waals surface area contributed by atoms with E-state index in [2.05, 4.69) is 0 Å². The van der Waals surface area contributed by atoms with Crippen LogP contribution < -0.4 is 4.31 Å². The molecule has 1 heterocycles. The lowest BCUT2D eigenvalue weighted by atomic mass is 10.0. The zero-order valence-electron chi connectivity index (χ0n) is 12.8. The maximum Gasteiger partial charge on any atom is 0.307 e. The number of hydrogen-bond donors (Lipinski definition) is 0. The molecule has 1 aliphatic rings. The van der Waals surface area contributed by atoms with Gasteiger partial charge in [0.15, 0.2) is 11.0 Å². The second-order valence-corrected chi connectivity index (χ2v) is 6.67. The van der Waals surface area contributed by atoms with Gasteiger partial charge in [-0.1, -0.05) is 24.3 Å². The first kappa shape index (κ1) is 15.7. The summed E-state index contributed by atoms with van der Waals surface area (Å²) in [6.07, 6.45) is 0.00697. The Bertz CT molecular complexity index is 779. The molecule has 0 amide bonds. The highest BCUT2D eigenvalue weighted by atomic mass is 32.2. The quantitative estimate of drug-likeness (QED) is 0.810. The van der Waals surface area contributed by atoms with E-state index in [1.54, 1.807) is 29.4 Å². The fourth-order valence-electron chi connectivity index (χ4n) is 2.81. The van der Waals surface area contributed by atoms with Crippen LogP contribution in [0, 0.1) is 12.7 Å². The molecular formula is C17H16FNO3S. The molecule has 120 valence electrons. The summed E-state index contributed by atoms with van der Waals surface area (Å²) in [5.41, 5.74) is 1.98. The van der Waals surface area contributed by atoms with E-state index in [1.165, 1.54) is 13.2 Å². The Morgan fingerprint density at radius 1 is 1.30 bits per heavy atom. The van der Waals surface area contributed by atoms with Crippen molar-refractivity contribution in [2.24, 2.45) is 0 Å². The highest BCUT2D eigenvalue weighted by Crippen LogP contribution is 2.43. The molecule has 1 aliphatic heterocycles. The van der Waals surface area contributed by atoms with Gasteiger partial charge in [-0.3, -0.25) is 9.10 Å². The summed E-state index contributed by atoms with van der Waals surface area (Å²) >= 11 is 0. The number of carbonyl (C=O) groups excluding carboxylic acids is 1. The topological polar surface area (TPSA) is 46.6 Å². The summed E-state index contributed by atoms with van der Waals surface area (Å²) in [5, 5.41) is 0. The van der Waals surface area contributed by atoms with Gasteiger partial charge in [0, 0.05) is 0 Å². The summed E-state index contributed by atoms with van der Waals surface area (Å²) in [7, 11) is -0.400. The van der Waals surface area contributed by atoms with Crippen LogP contribution in [0.25, 0.3) is 0 Å². The summed E-state index contributed by atoms with van der Waals surface area (Å²) in [5.74, 6) is -0.936. The standard InChI is InChI=1S/C17H16FNO3S/c1-11-8-13-15(10-16(20)22-2)19(12-6-4-3-5-7-12)23(21)17(13)14(18)9-11/h3-9,15H,10H2,1-2H3. The van der Waals surface area contributed by atoms with Crippen molar-refractivity contribution in [2.45, 2.75) is 24.3 Å². The van der Waals surface area contributed by atoms with Gasteiger partial charge in [-0.05, 0) is 36.2 Å². The second kappa shape index (κ2) is 6.12. The maximum absolute atomic E-state index is 14.3. The molecule has 3 rings (SSSR count). The summed E-state index contributed by atoms with van der Waals surface area (Å²) in [6, 6.07) is 11.7. The van der Waals surface area contributed by atoms with Crippen molar-refractivity contribution in [3.05, 3.63) is 59.4 Å². The molecule has 0 saturated carbocycles. The van der Waals surface area contributed by atoms with Gasteiger partial charge in [-0.25, -0.2) is 8.60 Å². The lowest BCUT2D eigenvalue weighted by Crippen LogP contribution is -2.26. The minimum Gasteiger partial charge on any atom is -0.469 e. The average Bonchev–Trinajstić information content (AvgIpc) is 2.80. The van der Waals surface area contributed by atoms with E-state index >= 15 is 0 Å². The molecule has 2 aromatic rings. The van der Waals surface area contributed by atoms with Crippen LogP contribution in [0.5, 0.6) is 0 Å². The Kier molecular flexibility index (Phi) is 4.17. The molecule has 0 fully saturated rings. The number of aryl methyl sites for hydroxylation is 1. The first-order valence-electron chi connectivity index (χ1n) is 7.16. The van der Waals surface area contributed by atoms with E-state index in [4.69, 9.17) is 4.74 Å². The van der Waals surface area contributed by atoms with Gasteiger partial charge in [0.25, 0.3) is 0 Å². The van der Waals surface area contributed by atoms with Gasteiger partial charge in [-0.15, -0.1) is 0 Å². The van der Waals surface area contributed by atoms with Crippen molar-refractivity contribution in [3.8, 4) is 0 Å². The molecule has 0 saturated heterocycles. The van der Waals surface area contributed by atoms with E-state index < -0.39 is 28.8 Å². The van der Waals surface area contributed by atoms with E-state index in [1.807, 2.05) is 18.2 Å². The highest BCUT2D eigenvalue weighted by molar-refractivity contribution is 7.87. The molecule has 2 atom stereocenters. The Morgan fingerprint density at radius 2 is 2.00 bits per heavy atom. The minimum absolute atomic E-state index is 0.00697. The first-order chi connectivity index (χ1) is 11.0. The smallest absolute Gasteiger partial charge is 0.307 e. The number of rotatable bonds is 3. The van der Waals surface area contributed by atoms with Crippen molar-refractivity contribution >= 4 is 22.6 Å². The first-order valence-corrected chi connectivity index (χ1v) is 8.26. The second-order valence-electron chi connectivity index (χ2n) is 5.37. The number of hydrogen-bond acceptors (Lipinski definition) is 3. The zero-order valence-corrected chi connectivity index (χ0v) is 13.6. The third kappa shape index (κ3) is 2.74. The molecule has 0 N–H and O–H groups in total. The third-order valence-electron chi connectivity index (χ3n) is 3.81. The molecule has 2 unspecified atom stereocenters. The average molecular weight is 333 g/mol. The molecule has 0 aromatic heterocycles. The molecule has 0 spiro atoms. The van der Waals surface area contributed by atoms with Crippen molar-refractivity contribution in [1.82, 2.24) is 0 Å². The van der Waals surface area contributed by atoms with E-state index in [0.717, 1.165) is 5.56 Å². The van der Waals surface area contributed by atoms with Crippen molar-refractivity contribution < 1.29 is 18.1 Å². The number of fused-ring (bicyclic) bond motifs is 1. The molecule has 6 heteroatoms. The molecule has 4 nitrogen and oxygen atoms in total. The number of para-hydroxylation sites is 1. The number of anilines is 1. The number of ether oxygens (including phenoxy) is 1. The predicted molar refractivity (Wildman–Crippen MR) is 85.8 cm³/mol. The van der Waals surface area contributed by atoms with Crippen LogP contribution >= 0.6 is 0 Å². The number of esters is 1. The molecular weight excluding hydrogens is 317 g/mol. The van der Waals surface area contributed by atoms with Crippen LogP contribution in [0.4, 0.5) is 10.1 Å². The van der Waals surface area contributed by atoms with Crippen LogP contribution in [0.1, 0.15) is 23.6 Å². The number of carbonyl (C=O) groups is 1. The van der Waals surface area contributed by atoms with E-state index in [-0.39, 0.29) is 11.3 Å². The number of benzene rings is 2. The van der Waals surface area contributed by atoms with Crippen molar-refractivity contribution in [3.63, 3.8) is 0 Å². The molecule has 0 bridgehead atoms. The van der Waals surface area contributed by atoms with Gasteiger partial charge in [-0.2, -0.15) is 0 Å². The SMILES string of the molecule is COC(=O)CC1c2cc(C)cc(F)c2S(=O)N1c1ccccc1. The minimum atomic E-state index is -1.70. The van der Waals surface area contributed by atoms with Gasteiger partial charge >= 0.3 is 5.97 Å².